The normalized spacial score (nSPS) is 15.0. The van der Waals surface area contributed by atoms with E-state index in [2.05, 4.69) is 0 Å². The summed E-state index contributed by atoms with van der Waals surface area (Å²) >= 11 is 0. The topological polar surface area (TPSA) is 80.9 Å². The second-order valence-electron chi connectivity index (χ2n) is 2.75. The Labute approximate surface area is 73.5 Å². The van der Waals surface area contributed by atoms with E-state index in [1.807, 2.05) is 6.92 Å². The first-order valence-electron chi connectivity index (χ1n) is 4.14. The van der Waals surface area contributed by atoms with Crippen LogP contribution < -0.4 is 0 Å². The molecule has 4 heteroatoms. The lowest BCUT2D eigenvalue weighted by molar-refractivity contribution is -0.0453. The standard InChI is InChI=1S/2C4H10O2/c1-3(5)4(2)6;1-2-3-4(5)6/h3-6H,1-2H3;4-6H,2-3H2,1H3. The van der Waals surface area contributed by atoms with Crippen LogP contribution in [0.2, 0.25) is 0 Å². The Hall–Kier alpha value is -0.160. The highest BCUT2D eigenvalue weighted by molar-refractivity contribution is 4.50. The number of hydrogen-bond acceptors (Lipinski definition) is 4. The first-order chi connectivity index (χ1) is 5.41. The second-order valence-corrected chi connectivity index (χ2v) is 2.75. The second kappa shape index (κ2) is 8.93. The molecular formula is C8H20O4. The molecule has 0 saturated carbocycles. The maximum absolute atomic E-state index is 8.38. The monoisotopic (exact) mass is 180 g/mol. The lowest BCUT2D eigenvalue weighted by Crippen LogP contribution is -2.17. The van der Waals surface area contributed by atoms with Crippen molar-refractivity contribution in [3.63, 3.8) is 0 Å². The van der Waals surface area contributed by atoms with Gasteiger partial charge in [0, 0.05) is 0 Å². The fourth-order valence-corrected chi connectivity index (χ4v) is 0.258. The zero-order valence-corrected chi connectivity index (χ0v) is 7.94. The van der Waals surface area contributed by atoms with E-state index in [1.54, 1.807) is 13.8 Å². The minimum atomic E-state index is -1.10. The molecule has 0 rings (SSSR count). The van der Waals surface area contributed by atoms with Crippen molar-refractivity contribution in [2.45, 2.75) is 52.1 Å². The third-order valence-electron chi connectivity index (χ3n) is 1.25. The highest BCUT2D eigenvalue weighted by Gasteiger charge is 1.99. The Morgan fingerprint density at radius 2 is 1.25 bits per heavy atom. The van der Waals surface area contributed by atoms with Gasteiger partial charge in [0.2, 0.25) is 0 Å². The van der Waals surface area contributed by atoms with Crippen molar-refractivity contribution in [2.75, 3.05) is 0 Å². The van der Waals surface area contributed by atoms with Crippen LogP contribution in [0, 0.1) is 0 Å². The fraction of sp³-hybridized carbons (Fsp3) is 1.00. The Kier molecular flexibility index (Phi) is 10.7. The first-order valence-corrected chi connectivity index (χ1v) is 4.14. The highest BCUT2D eigenvalue weighted by Crippen LogP contribution is 1.88. The van der Waals surface area contributed by atoms with Crippen LogP contribution in [-0.2, 0) is 0 Å². The van der Waals surface area contributed by atoms with Crippen molar-refractivity contribution < 1.29 is 20.4 Å². The van der Waals surface area contributed by atoms with E-state index in [9.17, 15) is 0 Å². The summed E-state index contributed by atoms with van der Waals surface area (Å²) in [6.45, 7) is 4.99. The summed E-state index contributed by atoms with van der Waals surface area (Å²) in [4.78, 5) is 0. The van der Waals surface area contributed by atoms with Gasteiger partial charge in [-0.3, -0.25) is 0 Å². The fourth-order valence-electron chi connectivity index (χ4n) is 0.258. The smallest absolute Gasteiger partial charge is 0.151 e. The van der Waals surface area contributed by atoms with Crippen LogP contribution in [0.15, 0.2) is 0 Å². The Bertz CT molecular complexity index is 75.1. The van der Waals surface area contributed by atoms with E-state index in [1.165, 1.54) is 0 Å². The van der Waals surface area contributed by atoms with Crippen LogP contribution in [0.3, 0.4) is 0 Å². The lowest BCUT2D eigenvalue weighted by Gasteiger charge is -2.03. The van der Waals surface area contributed by atoms with Crippen molar-refractivity contribution in [2.24, 2.45) is 0 Å². The minimum Gasteiger partial charge on any atom is -0.391 e. The summed E-state index contributed by atoms with van der Waals surface area (Å²) in [5.74, 6) is 0. The summed E-state index contributed by atoms with van der Waals surface area (Å²) in [6, 6.07) is 0. The molecule has 0 aliphatic carbocycles. The van der Waals surface area contributed by atoms with Crippen LogP contribution in [-0.4, -0.2) is 38.9 Å². The Morgan fingerprint density at radius 1 is 0.917 bits per heavy atom. The van der Waals surface area contributed by atoms with Crippen molar-refractivity contribution in [3.05, 3.63) is 0 Å². The summed E-state index contributed by atoms with van der Waals surface area (Å²) in [5, 5.41) is 33.0. The average molecular weight is 180 g/mol. The van der Waals surface area contributed by atoms with Crippen molar-refractivity contribution >= 4 is 0 Å². The predicted octanol–water partition coefficient (Wildman–Crippen LogP) is -0.155. The van der Waals surface area contributed by atoms with Gasteiger partial charge in [-0.15, -0.1) is 0 Å². The molecule has 0 spiro atoms. The van der Waals surface area contributed by atoms with Gasteiger partial charge in [-0.25, -0.2) is 0 Å². The maximum Gasteiger partial charge on any atom is 0.151 e. The number of aliphatic hydroxyl groups excluding tert-OH is 3. The molecule has 0 aliphatic heterocycles. The van der Waals surface area contributed by atoms with Crippen LogP contribution >= 0.6 is 0 Å². The van der Waals surface area contributed by atoms with Gasteiger partial charge in [0.25, 0.3) is 0 Å². The highest BCUT2D eigenvalue weighted by atomic mass is 16.5. The molecule has 0 saturated heterocycles. The molecule has 2 atom stereocenters. The molecular weight excluding hydrogens is 160 g/mol. The molecule has 76 valence electrons. The predicted molar refractivity (Wildman–Crippen MR) is 46.5 cm³/mol. The zero-order valence-electron chi connectivity index (χ0n) is 7.94. The van der Waals surface area contributed by atoms with E-state index in [-0.39, 0.29) is 0 Å². The van der Waals surface area contributed by atoms with Crippen molar-refractivity contribution in [1.82, 2.24) is 0 Å². The van der Waals surface area contributed by atoms with Crippen LogP contribution in [0.4, 0.5) is 0 Å². The Morgan fingerprint density at radius 3 is 1.25 bits per heavy atom. The molecule has 0 aromatic carbocycles. The van der Waals surface area contributed by atoms with Gasteiger partial charge in [0.1, 0.15) is 0 Å². The molecule has 0 aromatic heterocycles. The van der Waals surface area contributed by atoms with E-state index in [0.29, 0.717) is 6.42 Å². The van der Waals surface area contributed by atoms with Gasteiger partial charge in [-0.1, -0.05) is 13.3 Å². The molecule has 0 heterocycles. The minimum absolute atomic E-state index is 0.486. The molecule has 12 heavy (non-hydrogen) atoms. The van der Waals surface area contributed by atoms with Crippen LogP contribution in [0.1, 0.15) is 33.6 Å². The molecule has 4 nitrogen and oxygen atoms in total. The largest absolute Gasteiger partial charge is 0.391 e. The summed E-state index contributed by atoms with van der Waals surface area (Å²) in [5.41, 5.74) is 0. The third-order valence-corrected chi connectivity index (χ3v) is 1.25. The number of hydrogen-bond donors (Lipinski definition) is 4. The van der Waals surface area contributed by atoms with E-state index in [0.717, 1.165) is 6.42 Å². The Balaban J connectivity index is 0. The van der Waals surface area contributed by atoms with Crippen LogP contribution in [0.25, 0.3) is 0 Å². The number of aliphatic hydroxyl groups is 4. The van der Waals surface area contributed by atoms with Crippen molar-refractivity contribution in [1.29, 1.82) is 0 Å². The van der Waals surface area contributed by atoms with Gasteiger partial charge in [0.05, 0.1) is 12.2 Å². The zero-order chi connectivity index (χ0) is 10.1. The summed E-state index contributed by atoms with van der Waals surface area (Å²) < 4.78 is 0. The molecule has 0 amide bonds. The maximum atomic E-state index is 8.38. The quantitative estimate of drug-likeness (QED) is 0.455. The molecule has 0 aromatic rings. The molecule has 2 unspecified atom stereocenters. The van der Waals surface area contributed by atoms with Gasteiger partial charge in [0.15, 0.2) is 6.29 Å². The van der Waals surface area contributed by atoms with Gasteiger partial charge in [-0.2, -0.15) is 0 Å². The molecule has 0 aliphatic rings. The SMILES string of the molecule is CC(O)C(C)O.CCCC(O)O. The molecule has 0 bridgehead atoms. The van der Waals surface area contributed by atoms with Crippen LogP contribution in [0.5, 0.6) is 0 Å². The summed E-state index contributed by atoms with van der Waals surface area (Å²) in [7, 11) is 0. The van der Waals surface area contributed by atoms with E-state index < -0.39 is 18.5 Å². The van der Waals surface area contributed by atoms with Gasteiger partial charge in [-0.05, 0) is 20.3 Å². The number of rotatable bonds is 3. The van der Waals surface area contributed by atoms with Gasteiger partial charge < -0.3 is 20.4 Å². The summed E-state index contributed by atoms with van der Waals surface area (Å²) in [6.07, 6.45) is -0.970. The molecule has 0 radical (unpaired) electrons. The average Bonchev–Trinajstić information content (AvgIpc) is 1.87. The lowest BCUT2D eigenvalue weighted by atomic mass is 10.3. The van der Waals surface area contributed by atoms with Crippen molar-refractivity contribution in [3.8, 4) is 0 Å². The molecule has 4 N–H and O–H groups in total. The molecule has 0 fully saturated rings. The van der Waals surface area contributed by atoms with E-state index in [4.69, 9.17) is 20.4 Å². The van der Waals surface area contributed by atoms with E-state index >= 15 is 0 Å². The first kappa shape index (κ1) is 14.4. The third kappa shape index (κ3) is 16.4. The van der Waals surface area contributed by atoms with Gasteiger partial charge >= 0.3 is 0 Å².